The molecule has 0 saturated carbocycles. The smallest absolute Gasteiger partial charge is 0.0550 e. The fourth-order valence-corrected chi connectivity index (χ4v) is 2.45. The molecular formula is C14H23NOS. The van der Waals surface area contributed by atoms with Gasteiger partial charge in [-0.15, -0.1) is 11.8 Å². The van der Waals surface area contributed by atoms with Crippen molar-refractivity contribution in [2.45, 2.75) is 50.4 Å². The number of benzene rings is 1. The van der Waals surface area contributed by atoms with Crippen LogP contribution in [-0.4, -0.2) is 23.0 Å². The number of aryl methyl sites for hydroxylation is 1. The van der Waals surface area contributed by atoms with Crippen molar-refractivity contribution in [3.05, 3.63) is 29.3 Å². The highest BCUT2D eigenvalue weighted by Gasteiger charge is 2.05. The van der Waals surface area contributed by atoms with Crippen molar-refractivity contribution in [1.82, 2.24) is 5.32 Å². The van der Waals surface area contributed by atoms with E-state index in [1.165, 1.54) is 16.0 Å². The summed E-state index contributed by atoms with van der Waals surface area (Å²) in [6, 6.07) is 7.03. The SMILES string of the molecule is Cc1cc(SC(C)CO)ccc1CNC(C)C. The molecule has 0 amide bonds. The molecule has 0 aliphatic carbocycles. The summed E-state index contributed by atoms with van der Waals surface area (Å²) >= 11 is 1.72. The molecule has 2 N–H and O–H groups in total. The van der Waals surface area contributed by atoms with Crippen LogP contribution in [0.3, 0.4) is 0 Å². The van der Waals surface area contributed by atoms with Gasteiger partial charge in [-0.3, -0.25) is 0 Å². The number of aliphatic hydroxyl groups excluding tert-OH is 1. The Bertz CT molecular complexity index is 352. The number of hydrogen-bond donors (Lipinski definition) is 2. The highest BCUT2D eigenvalue weighted by molar-refractivity contribution is 8.00. The zero-order valence-corrected chi connectivity index (χ0v) is 12.0. The third kappa shape index (κ3) is 5.11. The zero-order valence-electron chi connectivity index (χ0n) is 11.2. The summed E-state index contributed by atoms with van der Waals surface area (Å²) < 4.78 is 0. The predicted octanol–water partition coefficient (Wildman–Crippen LogP) is 2.97. The molecule has 0 saturated heterocycles. The largest absolute Gasteiger partial charge is 0.395 e. The molecule has 0 radical (unpaired) electrons. The van der Waals surface area contributed by atoms with Gasteiger partial charge in [-0.05, 0) is 30.2 Å². The second-order valence-electron chi connectivity index (χ2n) is 4.73. The molecule has 0 heterocycles. The first kappa shape index (κ1) is 14.6. The van der Waals surface area contributed by atoms with Crippen LogP contribution in [0, 0.1) is 6.92 Å². The van der Waals surface area contributed by atoms with E-state index in [-0.39, 0.29) is 11.9 Å². The number of aliphatic hydroxyl groups is 1. The summed E-state index contributed by atoms with van der Waals surface area (Å²) in [5.74, 6) is 0. The number of rotatable bonds is 6. The van der Waals surface area contributed by atoms with Crippen molar-refractivity contribution in [2.24, 2.45) is 0 Å². The van der Waals surface area contributed by atoms with Crippen molar-refractivity contribution < 1.29 is 5.11 Å². The first-order valence-electron chi connectivity index (χ1n) is 6.13. The minimum Gasteiger partial charge on any atom is -0.395 e. The van der Waals surface area contributed by atoms with Gasteiger partial charge in [0.2, 0.25) is 0 Å². The van der Waals surface area contributed by atoms with Gasteiger partial charge < -0.3 is 10.4 Å². The van der Waals surface area contributed by atoms with E-state index in [0.29, 0.717) is 6.04 Å². The summed E-state index contributed by atoms with van der Waals surface area (Å²) in [7, 11) is 0. The van der Waals surface area contributed by atoms with E-state index >= 15 is 0 Å². The Labute approximate surface area is 109 Å². The molecule has 96 valence electrons. The van der Waals surface area contributed by atoms with Crippen LogP contribution in [0.15, 0.2) is 23.1 Å². The summed E-state index contributed by atoms with van der Waals surface area (Å²) in [6.07, 6.45) is 0. The maximum Gasteiger partial charge on any atom is 0.0550 e. The van der Waals surface area contributed by atoms with E-state index in [9.17, 15) is 0 Å². The van der Waals surface area contributed by atoms with Gasteiger partial charge in [-0.2, -0.15) is 0 Å². The lowest BCUT2D eigenvalue weighted by Gasteiger charge is -2.13. The monoisotopic (exact) mass is 253 g/mol. The molecule has 17 heavy (non-hydrogen) atoms. The van der Waals surface area contributed by atoms with Crippen LogP contribution in [0.25, 0.3) is 0 Å². The minimum absolute atomic E-state index is 0.223. The number of thioether (sulfide) groups is 1. The third-order valence-corrected chi connectivity index (χ3v) is 3.69. The maximum atomic E-state index is 9.03. The average Bonchev–Trinajstić information content (AvgIpc) is 2.27. The van der Waals surface area contributed by atoms with E-state index < -0.39 is 0 Å². The van der Waals surface area contributed by atoms with E-state index in [1.807, 2.05) is 6.92 Å². The van der Waals surface area contributed by atoms with Crippen molar-refractivity contribution in [2.75, 3.05) is 6.61 Å². The molecule has 0 aromatic heterocycles. The van der Waals surface area contributed by atoms with E-state index in [0.717, 1.165) is 6.54 Å². The van der Waals surface area contributed by atoms with Crippen LogP contribution in [-0.2, 0) is 6.54 Å². The van der Waals surface area contributed by atoms with Crippen molar-refractivity contribution in [3.63, 3.8) is 0 Å². The molecule has 0 aliphatic heterocycles. The maximum absolute atomic E-state index is 9.03. The predicted molar refractivity (Wildman–Crippen MR) is 75.6 cm³/mol. The molecule has 2 nitrogen and oxygen atoms in total. The Kier molecular flexibility index (Phi) is 6.03. The topological polar surface area (TPSA) is 32.3 Å². The average molecular weight is 253 g/mol. The van der Waals surface area contributed by atoms with Crippen LogP contribution in [0.5, 0.6) is 0 Å². The summed E-state index contributed by atoms with van der Waals surface area (Å²) in [5.41, 5.74) is 2.66. The second kappa shape index (κ2) is 7.04. The van der Waals surface area contributed by atoms with Crippen LogP contribution >= 0.6 is 11.8 Å². The molecule has 0 fully saturated rings. The minimum atomic E-state index is 0.223. The van der Waals surface area contributed by atoms with Crippen molar-refractivity contribution in [3.8, 4) is 0 Å². The van der Waals surface area contributed by atoms with E-state index in [4.69, 9.17) is 5.11 Å². The van der Waals surface area contributed by atoms with E-state index in [2.05, 4.69) is 44.3 Å². The van der Waals surface area contributed by atoms with Gasteiger partial charge in [-0.1, -0.05) is 26.8 Å². The molecule has 0 spiro atoms. The second-order valence-corrected chi connectivity index (χ2v) is 6.25. The van der Waals surface area contributed by atoms with Gasteiger partial charge >= 0.3 is 0 Å². The van der Waals surface area contributed by atoms with Gasteiger partial charge in [0.15, 0.2) is 0 Å². The third-order valence-electron chi connectivity index (χ3n) is 2.61. The van der Waals surface area contributed by atoms with Gasteiger partial charge in [0.05, 0.1) is 6.61 Å². The molecule has 1 aromatic carbocycles. The molecule has 3 heteroatoms. The lowest BCUT2D eigenvalue weighted by molar-refractivity contribution is 0.300. The van der Waals surface area contributed by atoms with Gasteiger partial charge in [-0.25, -0.2) is 0 Å². The molecule has 0 aliphatic rings. The normalized spacial score (nSPS) is 13.1. The molecule has 1 rings (SSSR count). The standard InChI is InChI=1S/C14H23NOS/c1-10(2)15-8-13-5-6-14(7-11(13)3)17-12(4)9-16/h5-7,10,12,15-16H,8-9H2,1-4H3. The fourth-order valence-electron chi connectivity index (χ4n) is 1.52. The number of nitrogens with one attached hydrogen (secondary N) is 1. The molecule has 0 bridgehead atoms. The number of hydrogen-bond acceptors (Lipinski definition) is 3. The van der Waals surface area contributed by atoms with E-state index in [1.54, 1.807) is 11.8 Å². The first-order chi connectivity index (χ1) is 8.02. The lowest BCUT2D eigenvalue weighted by atomic mass is 10.1. The quantitative estimate of drug-likeness (QED) is 0.765. The highest BCUT2D eigenvalue weighted by atomic mass is 32.2. The van der Waals surface area contributed by atoms with Gasteiger partial charge in [0.1, 0.15) is 0 Å². The molecular weight excluding hydrogens is 230 g/mol. The Morgan fingerprint density at radius 3 is 2.53 bits per heavy atom. The summed E-state index contributed by atoms with van der Waals surface area (Å²) in [4.78, 5) is 1.23. The Morgan fingerprint density at radius 1 is 1.29 bits per heavy atom. The summed E-state index contributed by atoms with van der Waals surface area (Å²) in [5, 5.41) is 12.7. The highest BCUT2D eigenvalue weighted by Crippen LogP contribution is 2.25. The van der Waals surface area contributed by atoms with Crippen LogP contribution < -0.4 is 5.32 Å². The van der Waals surface area contributed by atoms with Crippen molar-refractivity contribution >= 4 is 11.8 Å². The van der Waals surface area contributed by atoms with Crippen LogP contribution in [0.4, 0.5) is 0 Å². The van der Waals surface area contributed by atoms with Crippen LogP contribution in [0.2, 0.25) is 0 Å². The lowest BCUT2D eigenvalue weighted by Crippen LogP contribution is -2.22. The molecule has 1 unspecified atom stereocenters. The zero-order chi connectivity index (χ0) is 12.8. The van der Waals surface area contributed by atoms with Gasteiger partial charge in [0, 0.05) is 22.7 Å². The molecule has 1 aromatic rings. The first-order valence-corrected chi connectivity index (χ1v) is 7.01. The Hall–Kier alpha value is -0.510. The molecule has 1 atom stereocenters. The Balaban J connectivity index is 2.65. The Morgan fingerprint density at radius 2 is 2.00 bits per heavy atom. The van der Waals surface area contributed by atoms with Crippen LogP contribution in [0.1, 0.15) is 31.9 Å². The summed E-state index contributed by atoms with van der Waals surface area (Å²) in [6.45, 7) is 9.63. The van der Waals surface area contributed by atoms with Crippen molar-refractivity contribution in [1.29, 1.82) is 0 Å². The fraction of sp³-hybridized carbons (Fsp3) is 0.571. The van der Waals surface area contributed by atoms with Gasteiger partial charge in [0.25, 0.3) is 0 Å².